The zero-order chi connectivity index (χ0) is 34.7. The summed E-state index contributed by atoms with van der Waals surface area (Å²) in [6, 6.07) is 12.3. The number of halogens is 3. The number of rotatable bonds is 16. The Morgan fingerprint density at radius 3 is 2.43 bits per heavy atom. The van der Waals surface area contributed by atoms with Gasteiger partial charge < -0.3 is 29.4 Å². The van der Waals surface area contributed by atoms with Crippen molar-refractivity contribution in [3.8, 4) is 11.5 Å². The average Bonchev–Trinajstić information content (AvgIpc) is 3.02. The molecule has 1 aliphatic rings. The first-order chi connectivity index (χ1) is 22.2. The molecule has 0 aromatic heterocycles. The number of alkyl halides is 3. The number of aliphatic hydroxyl groups excluding tert-OH is 1. The predicted octanol–water partition coefficient (Wildman–Crippen LogP) is 4.90. The van der Waals surface area contributed by atoms with Crippen LogP contribution < -0.4 is 14.8 Å². The van der Waals surface area contributed by atoms with Crippen molar-refractivity contribution in [2.75, 3.05) is 33.4 Å². The van der Waals surface area contributed by atoms with Crippen molar-refractivity contribution < 1.29 is 51.7 Å². The molecule has 0 fully saturated rings. The highest BCUT2D eigenvalue weighted by Gasteiger charge is 2.50. The van der Waals surface area contributed by atoms with Gasteiger partial charge in [0.15, 0.2) is 5.70 Å². The molecule has 3 unspecified atom stereocenters. The van der Waals surface area contributed by atoms with E-state index >= 15 is 0 Å². The number of esters is 2. The number of nitrogens with zero attached hydrogens (tertiary/aromatic N) is 2. The molecule has 0 saturated heterocycles. The van der Waals surface area contributed by atoms with Gasteiger partial charge in [0.25, 0.3) is 5.69 Å². The maximum Gasteiger partial charge on any atom is 0.433 e. The molecule has 0 aliphatic carbocycles. The third kappa shape index (κ3) is 10.2. The average molecular weight is 666 g/mol. The molecule has 1 heterocycles. The van der Waals surface area contributed by atoms with Gasteiger partial charge in [-0.25, -0.2) is 4.79 Å². The molecular weight excluding hydrogens is 627 g/mol. The molecule has 0 saturated carbocycles. The van der Waals surface area contributed by atoms with E-state index < -0.39 is 64.0 Å². The summed E-state index contributed by atoms with van der Waals surface area (Å²) in [4.78, 5) is 40.8. The first kappa shape index (κ1) is 37.0. The quantitative estimate of drug-likeness (QED) is 0.109. The van der Waals surface area contributed by atoms with Crippen LogP contribution in [0.25, 0.3) is 0 Å². The number of nitrogens with one attached hydrogen (secondary N) is 1. The number of hydrogen-bond donors (Lipinski definition) is 2. The molecule has 256 valence electrons. The van der Waals surface area contributed by atoms with Gasteiger partial charge in [0, 0.05) is 35.9 Å². The molecule has 12 nitrogen and oxygen atoms in total. The molecule has 1 aliphatic heterocycles. The highest BCUT2D eigenvalue weighted by atomic mass is 19.4. The number of aliphatic hydroxyl groups is 1. The van der Waals surface area contributed by atoms with E-state index in [1.807, 2.05) is 18.2 Å². The van der Waals surface area contributed by atoms with Crippen LogP contribution in [0.15, 0.2) is 64.8 Å². The molecule has 2 N–H and O–H groups in total. The lowest BCUT2D eigenvalue weighted by molar-refractivity contribution is -0.385. The molecule has 0 radical (unpaired) electrons. The van der Waals surface area contributed by atoms with Crippen LogP contribution in [0, 0.1) is 16.0 Å². The number of para-hydroxylation sites is 1. The van der Waals surface area contributed by atoms with E-state index in [-0.39, 0.29) is 36.8 Å². The van der Waals surface area contributed by atoms with Crippen molar-refractivity contribution in [2.24, 2.45) is 10.9 Å². The Morgan fingerprint density at radius 1 is 1.11 bits per heavy atom. The number of ether oxygens (including phenoxy) is 4. The molecule has 2 aromatic rings. The van der Waals surface area contributed by atoms with Crippen LogP contribution in [0.4, 0.5) is 18.9 Å². The van der Waals surface area contributed by atoms with Crippen molar-refractivity contribution in [2.45, 2.75) is 57.9 Å². The summed E-state index contributed by atoms with van der Waals surface area (Å²) in [6.07, 6.45) is -5.55. The molecule has 3 atom stereocenters. The van der Waals surface area contributed by atoms with Crippen LogP contribution >= 0.6 is 0 Å². The molecule has 0 bridgehead atoms. The molecule has 15 heteroatoms. The minimum absolute atomic E-state index is 0.0382. The summed E-state index contributed by atoms with van der Waals surface area (Å²) in [5.74, 6) is -5.11. The van der Waals surface area contributed by atoms with Crippen molar-refractivity contribution in [1.29, 1.82) is 0 Å². The minimum atomic E-state index is -5.13. The van der Waals surface area contributed by atoms with Gasteiger partial charge >= 0.3 is 18.1 Å². The second kappa shape index (κ2) is 16.9. The lowest BCUT2D eigenvalue weighted by Gasteiger charge is -2.33. The second-order valence-corrected chi connectivity index (χ2v) is 11.0. The summed E-state index contributed by atoms with van der Waals surface area (Å²) < 4.78 is 64.2. The van der Waals surface area contributed by atoms with Gasteiger partial charge in [-0.3, -0.25) is 19.9 Å². The zero-order valence-corrected chi connectivity index (χ0v) is 26.4. The molecular formula is C32H38F3N3O9. The lowest BCUT2D eigenvalue weighted by atomic mass is 9.75. The van der Waals surface area contributed by atoms with E-state index in [1.165, 1.54) is 26.8 Å². The van der Waals surface area contributed by atoms with Crippen LogP contribution in [0.1, 0.15) is 45.1 Å². The molecule has 0 spiro atoms. The van der Waals surface area contributed by atoms with Crippen molar-refractivity contribution in [1.82, 2.24) is 5.32 Å². The first-order valence-electron chi connectivity index (χ1n) is 14.9. The topological polar surface area (TPSA) is 159 Å². The smallest absolute Gasteiger partial charge is 0.433 e. The maximum absolute atomic E-state index is 14.3. The number of carbonyl (C=O) groups excluding carboxylic acids is 2. The number of non-ortho nitro benzene ring substituents is 1. The van der Waals surface area contributed by atoms with E-state index in [4.69, 9.17) is 18.9 Å². The predicted molar refractivity (Wildman–Crippen MR) is 164 cm³/mol. The molecule has 0 amide bonds. The fraction of sp³-hybridized carbons (Fsp3) is 0.469. The lowest BCUT2D eigenvalue weighted by Crippen LogP contribution is -2.39. The normalized spacial score (nSPS) is 17.2. The third-order valence-electron chi connectivity index (χ3n) is 7.03. The number of hydrogen-bond acceptors (Lipinski definition) is 11. The van der Waals surface area contributed by atoms with Gasteiger partial charge in [-0.2, -0.15) is 13.2 Å². The number of nitro benzene ring substituents is 1. The van der Waals surface area contributed by atoms with Gasteiger partial charge in [0.2, 0.25) is 0 Å². The first-order valence-corrected chi connectivity index (χ1v) is 14.9. The fourth-order valence-electron chi connectivity index (χ4n) is 4.95. The molecule has 2 aromatic carbocycles. The third-order valence-corrected chi connectivity index (χ3v) is 7.03. The number of carbonyl (C=O) groups is 2. The van der Waals surface area contributed by atoms with Gasteiger partial charge in [-0.05, 0) is 58.4 Å². The molecule has 47 heavy (non-hydrogen) atoms. The Hall–Kier alpha value is -4.50. The largest absolute Gasteiger partial charge is 0.493 e. The SMILES string of the molecule is COC(=O)C1=C(C(F)(F)F)N=C(C)C(C(=O)OC(C)C)C1c1cc([N+](=O)[O-])ccc1OCCCCNCC(O)COc1ccccc1. The number of allylic oxidation sites excluding steroid dienone is 1. The summed E-state index contributed by atoms with van der Waals surface area (Å²) in [5.41, 5.74) is -3.59. The minimum Gasteiger partial charge on any atom is -0.493 e. The summed E-state index contributed by atoms with van der Waals surface area (Å²) in [7, 11) is 0.876. The Balaban J connectivity index is 1.82. The maximum atomic E-state index is 14.3. The second-order valence-electron chi connectivity index (χ2n) is 11.0. The van der Waals surface area contributed by atoms with Gasteiger partial charge in [-0.1, -0.05) is 18.2 Å². The van der Waals surface area contributed by atoms with E-state index in [9.17, 15) is 38.0 Å². The standard InChI is InChI=1S/C32H38F3N3O9/c1-19(2)47-31(41)26-20(3)37-29(32(33,34)35)28(30(40)44-4)27(26)24-16-21(38(42)43)12-13-25(24)45-15-9-8-14-36-17-22(39)18-46-23-10-6-5-7-11-23/h5-7,10-13,16,19,22,26-27,36,39H,8-9,14-15,17-18H2,1-4H3. The van der Waals surface area contributed by atoms with E-state index in [0.29, 0.717) is 25.1 Å². The van der Waals surface area contributed by atoms with Gasteiger partial charge in [0.1, 0.15) is 30.1 Å². The molecule has 3 rings (SSSR count). The van der Waals surface area contributed by atoms with Crippen LogP contribution in [0.2, 0.25) is 0 Å². The highest BCUT2D eigenvalue weighted by molar-refractivity contribution is 6.07. The Morgan fingerprint density at radius 2 is 1.81 bits per heavy atom. The van der Waals surface area contributed by atoms with Crippen molar-refractivity contribution in [3.63, 3.8) is 0 Å². The number of aliphatic imine (C=N–C) groups is 1. The number of nitro groups is 1. The summed E-state index contributed by atoms with van der Waals surface area (Å²) in [6.45, 7) is 5.15. The Labute approximate surface area is 269 Å². The van der Waals surface area contributed by atoms with Gasteiger partial charge in [-0.15, -0.1) is 0 Å². The summed E-state index contributed by atoms with van der Waals surface area (Å²) in [5, 5.41) is 25.0. The monoisotopic (exact) mass is 665 g/mol. The van der Waals surface area contributed by atoms with E-state index in [0.717, 1.165) is 19.2 Å². The van der Waals surface area contributed by atoms with Crippen LogP contribution in [-0.4, -0.2) is 79.5 Å². The van der Waals surface area contributed by atoms with E-state index in [1.54, 1.807) is 12.1 Å². The van der Waals surface area contributed by atoms with Gasteiger partial charge in [0.05, 0.1) is 30.3 Å². The van der Waals surface area contributed by atoms with Crippen LogP contribution in [0.3, 0.4) is 0 Å². The highest BCUT2D eigenvalue weighted by Crippen LogP contribution is 2.47. The number of benzene rings is 2. The van der Waals surface area contributed by atoms with Crippen molar-refractivity contribution >= 4 is 23.3 Å². The van der Waals surface area contributed by atoms with Crippen molar-refractivity contribution in [3.05, 3.63) is 75.5 Å². The Kier molecular flexibility index (Phi) is 13.3. The van der Waals surface area contributed by atoms with E-state index in [2.05, 4.69) is 10.3 Å². The fourth-order valence-corrected chi connectivity index (χ4v) is 4.95. The zero-order valence-electron chi connectivity index (χ0n) is 26.4. The van der Waals surface area contributed by atoms with Crippen LogP contribution in [-0.2, 0) is 19.1 Å². The number of methoxy groups -OCH3 is 1. The van der Waals surface area contributed by atoms with Crippen LogP contribution in [0.5, 0.6) is 11.5 Å². The Bertz CT molecular complexity index is 1460. The number of unbranched alkanes of at least 4 members (excludes halogenated alkanes) is 1. The summed E-state index contributed by atoms with van der Waals surface area (Å²) >= 11 is 0.